The maximum atomic E-state index is 12.4. The minimum atomic E-state index is -3.61. The summed E-state index contributed by atoms with van der Waals surface area (Å²) >= 11 is 0. The van der Waals surface area contributed by atoms with E-state index in [9.17, 15) is 18.0 Å². The normalized spacial score (nSPS) is 12.1. The molecule has 0 heterocycles. The van der Waals surface area contributed by atoms with E-state index < -0.39 is 28.0 Å². The highest BCUT2D eigenvalue weighted by Gasteiger charge is 2.21. The molecular formula is C20H24N2O6S. The first-order valence-corrected chi connectivity index (χ1v) is 10.6. The van der Waals surface area contributed by atoms with Crippen LogP contribution < -0.4 is 14.8 Å². The third-order valence-electron chi connectivity index (χ3n) is 3.83. The monoisotopic (exact) mass is 420 g/mol. The molecule has 0 bridgehead atoms. The third kappa shape index (κ3) is 6.03. The largest absolute Gasteiger partial charge is 0.492 e. The molecule has 0 radical (unpaired) electrons. The van der Waals surface area contributed by atoms with E-state index in [0.29, 0.717) is 18.0 Å². The van der Waals surface area contributed by atoms with Gasteiger partial charge in [0.2, 0.25) is 10.0 Å². The lowest BCUT2D eigenvalue weighted by Crippen LogP contribution is -2.30. The highest BCUT2D eigenvalue weighted by Crippen LogP contribution is 2.24. The predicted molar refractivity (Wildman–Crippen MR) is 108 cm³/mol. The molecule has 0 spiro atoms. The highest BCUT2D eigenvalue weighted by molar-refractivity contribution is 7.89. The number of carbonyl (C=O) groups excluding carboxylic acids is 2. The molecule has 0 aromatic heterocycles. The van der Waals surface area contributed by atoms with Gasteiger partial charge < -0.3 is 14.8 Å². The average molecular weight is 420 g/mol. The van der Waals surface area contributed by atoms with Crippen LogP contribution in [0.3, 0.4) is 0 Å². The average Bonchev–Trinajstić information content (AvgIpc) is 2.69. The maximum Gasteiger partial charge on any atom is 0.338 e. The van der Waals surface area contributed by atoms with Crippen molar-refractivity contribution in [2.24, 2.45) is 0 Å². The van der Waals surface area contributed by atoms with Gasteiger partial charge >= 0.3 is 5.97 Å². The van der Waals surface area contributed by atoms with Gasteiger partial charge in [-0.1, -0.05) is 19.1 Å². The highest BCUT2D eigenvalue weighted by atomic mass is 32.2. The summed E-state index contributed by atoms with van der Waals surface area (Å²) in [6.45, 7) is 5.64. The third-order valence-corrected chi connectivity index (χ3v) is 5.39. The minimum absolute atomic E-state index is 0.0363. The summed E-state index contributed by atoms with van der Waals surface area (Å²) < 4.78 is 36.9. The van der Waals surface area contributed by atoms with Crippen LogP contribution in [0.1, 0.15) is 31.1 Å². The second-order valence-corrected chi connectivity index (χ2v) is 7.76. The van der Waals surface area contributed by atoms with Gasteiger partial charge in [-0.15, -0.1) is 0 Å². The van der Waals surface area contributed by atoms with Crippen LogP contribution in [0.5, 0.6) is 5.75 Å². The number of carbonyl (C=O) groups is 2. The van der Waals surface area contributed by atoms with E-state index >= 15 is 0 Å². The van der Waals surface area contributed by atoms with E-state index in [1.54, 1.807) is 31.2 Å². The number of hydrogen-bond donors (Lipinski definition) is 2. The van der Waals surface area contributed by atoms with Crippen molar-refractivity contribution >= 4 is 27.6 Å². The fourth-order valence-corrected chi connectivity index (χ4v) is 3.45. The summed E-state index contributed by atoms with van der Waals surface area (Å²) in [6, 6.07) is 12.2. The maximum absolute atomic E-state index is 12.4. The smallest absolute Gasteiger partial charge is 0.338 e. The van der Waals surface area contributed by atoms with E-state index in [2.05, 4.69) is 10.0 Å². The summed E-state index contributed by atoms with van der Waals surface area (Å²) in [6.07, 6.45) is -1.07. The van der Waals surface area contributed by atoms with E-state index in [-0.39, 0.29) is 17.0 Å². The van der Waals surface area contributed by atoms with E-state index in [1.165, 1.54) is 31.2 Å². The zero-order valence-corrected chi connectivity index (χ0v) is 17.3. The second kappa shape index (κ2) is 10.0. The molecule has 0 aliphatic rings. The van der Waals surface area contributed by atoms with Crippen molar-refractivity contribution in [3.8, 4) is 5.75 Å². The Hall–Kier alpha value is -2.91. The molecule has 0 fully saturated rings. The van der Waals surface area contributed by atoms with Crippen LogP contribution in [0.2, 0.25) is 0 Å². The van der Waals surface area contributed by atoms with Crippen molar-refractivity contribution in [2.75, 3.05) is 18.5 Å². The van der Waals surface area contributed by atoms with Gasteiger partial charge in [0.25, 0.3) is 5.91 Å². The van der Waals surface area contributed by atoms with Crippen LogP contribution in [-0.4, -0.2) is 39.5 Å². The summed E-state index contributed by atoms with van der Waals surface area (Å²) in [7, 11) is -3.61. The number of benzene rings is 2. The van der Waals surface area contributed by atoms with Crippen molar-refractivity contribution in [3.05, 3.63) is 54.1 Å². The fraction of sp³-hybridized carbons (Fsp3) is 0.300. The topological polar surface area (TPSA) is 111 Å². The molecule has 0 saturated carbocycles. The van der Waals surface area contributed by atoms with E-state index in [4.69, 9.17) is 9.47 Å². The van der Waals surface area contributed by atoms with Crippen molar-refractivity contribution < 1.29 is 27.5 Å². The molecular weight excluding hydrogens is 396 g/mol. The van der Waals surface area contributed by atoms with Crippen molar-refractivity contribution in [1.82, 2.24) is 4.72 Å². The Kier molecular flexibility index (Phi) is 7.74. The molecule has 0 aliphatic heterocycles. The lowest BCUT2D eigenvalue weighted by atomic mass is 10.2. The van der Waals surface area contributed by atoms with Gasteiger partial charge in [0.15, 0.2) is 6.10 Å². The second-order valence-electron chi connectivity index (χ2n) is 5.99. The van der Waals surface area contributed by atoms with Gasteiger partial charge in [-0.25, -0.2) is 17.9 Å². The van der Waals surface area contributed by atoms with Gasteiger partial charge in [-0.05, 0) is 50.2 Å². The van der Waals surface area contributed by atoms with Gasteiger partial charge in [-0.2, -0.15) is 0 Å². The number of esters is 1. The Bertz CT molecular complexity index is 957. The molecule has 2 N–H and O–H groups in total. The summed E-state index contributed by atoms with van der Waals surface area (Å²) in [5.41, 5.74) is 0.607. The molecule has 2 aromatic carbocycles. The quantitative estimate of drug-likeness (QED) is 0.603. The van der Waals surface area contributed by atoms with Crippen LogP contribution >= 0.6 is 0 Å². The van der Waals surface area contributed by atoms with Gasteiger partial charge in [0, 0.05) is 6.54 Å². The van der Waals surface area contributed by atoms with E-state index in [1.807, 2.05) is 6.92 Å². The van der Waals surface area contributed by atoms with Crippen LogP contribution in [0.25, 0.3) is 0 Å². The molecule has 1 atom stereocenters. The van der Waals surface area contributed by atoms with Crippen LogP contribution in [0, 0.1) is 0 Å². The number of para-hydroxylation sites is 2. The predicted octanol–water partition coefficient (Wildman–Crippen LogP) is 2.57. The van der Waals surface area contributed by atoms with E-state index in [0.717, 1.165) is 0 Å². The first kappa shape index (κ1) is 22.4. The molecule has 0 unspecified atom stereocenters. The van der Waals surface area contributed by atoms with Gasteiger partial charge in [0.1, 0.15) is 5.75 Å². The Morgan fingerprint density at radius 3 is 2.31 bits per heavy atom. The molecule has 8 nitrogen and oxygen atoms in total. The van der Waals surface area contributed by atoms with Crippen molar-refractivity contribution in [1.29, 1.82) is 0 Å². The van der Waals surface area contributed by atoms with Crippen molar-refractivity contribution in [2.45, 2.75) is 31.8 Å². The summed E-state index contributed by atoms with van der Waals surface area (Å²) in [4.78, 5) is 24.7. The van der Waals surface area contributed by atoms with Gasteiger partial charge in [0.05, 0.1) is 22.8 Å². The molecule has 0 aliphatic carbocycles. The van der Waals surface area contributed by atoms with Gasteiger partial charge in [-0.3, -0.25) is 4.79 Å². The molecule has 1 amide bonds. The minimum Gasteiger partial charge on any atom is -0.492 e. The zero-order valence-electron chi connectivity index (χ0n) is 16.5. The SMILES string of the molecule is CCNS(=O)(=O)c1ccc(C(=O)O[C@H](C)C(=O)Nc2ccccc2OCC)cc1. The number of ether oxygens (including phenoxy) is 2. The number of hydrogen-bond acceptors (Lipinski definition) is 6. The number of amides is 1. The summed E-state index contributed by atoms with van der Waals surface area (Å²) in [5, 5.41) is 2.67. The number of sulfonamides is 1. The Morgan fingerprint density at radius 2 is 1.69 bits per heavy atom. The fourth-order valence-electron chi connectivity index (χ4n) is 2.41. The van der Waals surface area contributed by atoms with Crippen LogP contribution in [0.4, 0.5) is 5.69 Å². The van der Waals surface area contributed by atoms with Crippen LogP contribution in [-0.2, 0) is 19.6 Å². The first-order chi connectivity index (χ1) is 13.8. The van der Waals surface area contributed by atoms with Crippen molar-refractivity contribution in [3.63, 3.8) is 0 Å². The Balaban J connectivity index is 2.02. The molecule has 9 heteroatoms. The Labute approximate surface area is 170 Å². The lowest BCUT2D eigenvalue weighted by Gasteiger charge is -2.15. The first-order valence-electron chi connectivity index (χ1n) is 9.11. The molecule has 0 saturated heterocycles. The molecule has 2 aromatic rings. The number of nitrogens with one attached hydrogen (secondary N) is 2. The lowest BCUT2D eigenvalue weighted by molar-refractivity contribution is -0.123. The number of rotatable bonds is 9. The van der Waals surface area contributed by atoms with Crippen LogP contribution in [0.15, 0.2) is 53.4 Å². The number of anilines is 1. The zero-order chi connectivity index (χ0) is 21.4. The molecule has 29 heavy (non-hydrogen) atoms. The molecule has 2 rings (SSSR count). The standard InChI is InChI=1S/C20H24N2O6S/c1-4-21-29(25,26)16-12-10-15(11-13-16)20(24)28-14(3)19(23)22-17-8-6-7-9-18(17)27-5-2/h6-14,21H,4-5H2,1-3H3,(H,22,23)/t14-/m1/s1. The molecule has 156 valence electrons. The summed E-state index contributed by atoms with van der Waals surface area (Å²) in [5.74, 6) is -0.741. The Morgan fingerprint density at radius 1 is 1.03 bits per heavy atom.